The lowest BCUT2D eigenvalue weighted by molar-refractivity contribution is 0.0898. The second-order valence-electron chi connectivity index (χ2n) is 6.64. The Balaban J connectivity index is 1.81. The number of anilines is 1. The third kappa shape index (κ3) is 3.21. The smallest absolute Gasteiger partial charge is 0.251 e. The Hall–Kier alpha value is -1.60. The molecule has 1 saturated carbocycles. The highest BCUT2D eigenvalue weighted by Crippen LogP contribution is 2.39. The average molecular weight is 337 g/mol. The lowest BCUT2D eigenvalue weighted by Crippen LogP contribution is -2.53. The van der Waals surface area contributed by atoms with Gasteiger partial charge in [-0.1, -0.05) is 6.07 Å². The second-order valence-corrected chi connectivity index (χ2v) is 8.65. The van der Waals surface area contributed by atoms with Gasteiger partial charge in [0.15, 0.2) is 0 Å². The van der Waals surface area contributed by atoms with Crippen molar-refractivity contribution >= 4 is 21.6 Å². The summed E-state index contributed by atoms with van der Waals surface area (Å²) in [5.74, 6) is 0.387. The molecule has 1 saturated heterocycles. The van der Waals surface area contributed by atoms with E-state index in [0.29, 0.717) is 36.7 Å². The molecule has 1 aromatic carbocycles. The monoisotopic (exact) mass is 337 g/mol. The van der Waals surface area contributed by atoms with Crippen molar-refractivity contribution in [3.63, 3.8) is 0 Å². The van der Waals surface area contributed by atoms with Crippen LogP contribution in [0.4, 0.5) is 5.69 Å². The van der Waals surface area contributed by atoms with Gasteiger partial charge in [0.2, 0.25) is 10.0 Å². The van der Waals surface area contributed by atoms with Gasteiger partial charge in [-0.05, 0) is 50.3 Å². The van der Waals surface area contributed by atoms with Crippen molar-refractivity contribution in [3.05, 3.63) is 29.8 Å². The fraction of sp³-hybridized carbons (Fsp3) is 0.562. The Labute approximate surface area is 137 Å². The van der Waals surface area contributed by atoms with Crippen molar-refractivity contribution in [1.29, 1.82) is 0 Å². The van der Waals surface area contributed by atoms with Crippen LogP contribution >= 0.6 is 0 Å². The van der Waals surface area contributed by atoms with Gasteiger partial charge in [-0.3, -0.25) is 9.10 Å². The Morgan fingerprint density at radius 3 is 2.74 bits per heavy atom. The van der Waals surface area contributed by atoms with Crippen LogP contribution in [0.1, 0.15) is 36.5 Å². The number of benzene rings is 1. The van der Waals surface area contributed by atoms with Crippen molar-refractivity contribution in [1.82, 2.24) is 5.32 Å². The Morgan fingerprint density at radius 1 is 1.43 bits per heavy atom. The molecule has 0 aromatic heterocycles. The summed E-state index contributed by atoms with van der Waals surface area (Å²) in [6, 6.07) is 6.78. The SMILES string of the molecule is CC(CN)(NC(=O)c1cccc(N2CCCS2(=O)=O)c1)C1CC1. The second kappa shape index (κ2) is 5.79. The molecular formula is C16H23N3O3S. The molecule has 1 aliphatic heterocycles. The Bertz CT molecular complexity index is 715. The molecule has 6 nitrogen and oxygen atoms in total. The van der Waals surface area contributed by atoms with Gasteiger partial charge in [0.1, 0.15) is 0 Å². The molecule has 0 spiro atoms. The summed E-state index contributed by atoms with van der Waals surface area (Å²) in [4.78, 5) is 12.5. The fourth-order valence-electron chi connectivity index (χ4n) is 3.10. The summed E-state index contributed by atoms with van der Waals surface area (Å²) in [7, 11) is -3.24. The molecule has 1 aromatic rings. The summed E-state index contributed by atoms with van der Waals surface area (Å²) < 4.78 is 25.4. The predicted octanol–water partition coefficient (Wildman–Crippen LogP) is 1.08. The van der Waals surface area contributed by atoms with Gasteiger partial charge in [-0.2, -0.15) is 0 Å². The molecule has 1 unspecified atom stereocenters. The number of carbonyl (C=O) groups is 1. The van der Waals surface area contributed by atoms with Crippen LogP contribution in [0.3, 0.4) is 0 Å². The van der Waals surface area contributed by atoms with E-state index in [1.807, 2.05) is 6.92 Å². The molecule has 126 valence electrons. The Kier molecular flexibility index (Phi) is 4.10. The van der Waals surface area contributed by atoms with E-state index in [1.165, 1.54) is 4.31 Å². The number of hydrogen-bond donors (Lipinski definition) is 2. The van der Waals surface area contributed by atoms with Gasteiger partial charge in [0.25, 0.3) is 5.91 Å². The molecule has 1 atom stereocenters. The molecule has 2 aliphatic rings. The van der Waals surface area contributed by atoms with Crippen LogP contribution in [-0.4, -0.2) is 38.7 Å². The molecular weight excluding hydrogens is 314 g/mol. The van der Waals surface area contributed by atoms with E-state index in [1.54, 1.807) is 24.3 Å². The number of nitrogens with zero attached hydrogens (tertiary/aromatic N) is 1. The molecule has 23 heavy (non-hydrogen) atoms. The van der Waals surface area contributed by atoms with Crippen LogP contribution in [0.5, 0.6) is 0 Å². The molecule has 7 heteroatoms. The lowest BCUT2D eigenvalue weighted by Gasteiger charge is -2.29. The van der Waals surface area contributed by atoms with Gasteiger partial charge in [-0.15, -0.1) is 0 Å². The minimum atomic E-state index is -3.24. The van der Waals surface area contributed by atoms with Crippen LogP contribution in [0.25, 0.3) is 0 Å². The van der Waals surface area contributed by atoms with E-state index in [-0.39, 0.29) is 11.7 Å². The zero-order valence-electron chi connectivity index (χ0n) is 13.3. The summed E-state index contributed by atoms with van der Waals surface area (Å²) >= 11 is 0. The first-order valence-electron chi connectivity index (χ1n) is 7.99. The largest absolute Gasteiger partial charge is 0.345 e. The van der Waals surface area contributed by atoms with Gasteiger partial charge >= 0.3 is 0 Å². The highest BCUT2D eigenvalue weighted by atomic mass is 32.2. The third-order valence-electron chi connectivity index (χ3n) is 4.80. The summed E-state index contributed by atoms with van der Waals surface area (Å²) in [5.41, 5.74) is 6.46. The Morgan fingerprint density at radius 2 is 2.17 bits per heavy atom. The maximum Gasteiger partial charge on any atom is 0.251 e. The van der Waals surface area contributed by atoms with Gasteiger partial charge < -0.3 is 11.1 Å². The number of carbonyl (C=O) groups excluding carboxylic acids is 1. The normalized spacial score (nSPS) is 22.6. The van der Waals surface area contributed by atoms with E-state index >= 15 is 0 Å². The average Bonchev–Trinajstić information content (AvgIpc) is 3.31. The van der Waals surface area contributed by atoms with Gasteiger partial charge in [0, 0.05) is 18.7 Å². The third-order valence-corrected chi connectivity index (χ3v) is 6.67. The van der Waals surface area contributed by atoms with Gasteiger partial charge in [0.05, 0.1) is 17.0 Å². The molecule has 2 fully saturated rings. The molecule has 0 radical (unpaired) electrons. The van der Waals surface area contributed by atoms with Crippen LogP contribution in [0.15, 0.2) is 24.3 Å². The summed E-state index contributed by atoms with van der Waals surface area (Å²) in [5, 5.41) is 3.03. The maximum atomic E-state index is 12.5. The van der Waals surface area contributed by atoms with Gasteiger partial charge in [-0.25, -0.2) is 8.42 Å². The van der Waals surface area contributed by atoms with E-state index in [4.69, 9.17) is 5.73 Å². The van der Waals surface area contributed by atoms with E-state index in [2.05, 4.69) is 5.32 Å². The predicted molar refractivity (Wildman–Crippen MR) is 89.8 cm³/mol. The number of nitrogens with one attached hydrogen (secondary N) is 1. The van der Waals surface area contributed by atoms with Crippen molar-refractivity contribution in [2.75, 3.05) is 23.1 Å². The first-order valence-corrected chi connectivity index (χ1v) is 9.60. The van der Waals surface area contributed by atoms with Crippen molar-refractivity contribution in [2.24, 2.45) is 11.7 Å². The van der Waals surface area contributed by atoms with E-state index in [9.17, 15) is 13.2 Å². The highest BCUT2D eigenvalue weighted by molar-refractivity contribution is 7.93. The molecule has 1 heterocycles. The quantitative estimate of drug-likeness (QED) is 0.841. The van der Waals surface area contributed by atoms with Crippen LogP contribution in [0.2, 0.25) is 0 Å². The van der Waals surface area contributed by atoms with Crippen LogP contribution in [-0.2, 0) is 10.0 Å². The molecule has 1 amide bonds. The minimum Gasteiger partial charge on any atom is -0.345 e. The summed E-state index contributed by atoms with van der Waals surface area (Å²) in [6.45, 7) is 2.83. The lowest BCUT2D eigenvalue weighted by atomic mass is 9.95. The number of amides is 1. The molecule has 0 bridgehead atoms. The van der Waals surface area contributed by atoms with Crippen LogP contribution < -0.4 is 15.4 Å². The number of rotatable bonds is 5. The first kappa shape index (κ1) is 16.3. The number of sulfonamides is 1. The molecule has 3 rings (SSSR count). The van der Waals surface area contributed by atoms with E-state index in [0.717, 1.165) is 12.8 Å². The zero-order chi connectivity index (χ0) is 16.7. The molecule has 1 aliphatic carbocycles. The van der Waals surface area contributed by atoms with E-state index < -0.39 is 15.6 Å². The van der Waals surface area contributed by atoms with Crippen LogP contribution in [0, 0.1) is 5.92 Å². The van der Waals surface area contributed by atoms with Crippen molar-refractivity contribution in [3.8, 4) is 0 Å². The number of hydrogen-bond acceptors (Lipinski definition) is 4. The highest BCUT2D eigenvalue weighted by Gasteiger charge is 2.41. The topological polar surface area (TPSA) is 92.5 Å². The fourth-order valence-corrected chi connectivity index (χ4v) is 4.66. The minimum absolute atomic E-state index is 0.163. The summed E-state index contributed by atoms with van der Waals surface area (Å²) in [6.07, 6.45) is 2.78. The number of nitrogens with two attached hydrogens (primary N) is 1. The molecule has 3 N–H and O–H groups in total. The van der Waals surface area contributed by atoms with Crippen molar-refractivity contribution in [2.45, 2.75) is 31.7 Å². The van der Waals surface area contributed by atoms with Crippen molar-refractivity contribution < 1.29 is 13.2 Å². The maximum absolute atomic E-state index is 12.5. The first-order chi connectivity index (χ1) is 10.9. The standard InChI is InChI=1S/C16H23N3O3S/c1-16(11-17,13-6-7-13)18-15(20)12-4-2-5-14(10-12)19-8-3-9-23(19,21)22/h2,4-5,10,13H,3,6-9,11,17H2,1H3,(H,18,20). The zero-order valence-corrected chi connectivity index (χ0v) is 14.1.